The third-order valence-corrected chi connectivity index (χ3v) is 3.40. The van der Waals surface area contributed by atoms with Gasteiger partial charge in [-0.3, -0.25) is 4.79 Å². The highest BCUT2D eigenvalue weighted by atomic mass is 35.5. The number of rotatable bonds is 2. The molecule has 96 valence electrons. The van der Waals surface area contributed by atoms with Gasteiger partial charge in [0.25, 0.3) is 0 Å². The van der Waals surface area contributed by atoms with Crippen LogP contribution in [0.4, 0.5) is 0 Å². The number of halogens is 1. The first-order valence-corrected chi connectivity index (χ1v) is 6.30. The summed E-state index contributed by atoms with van der Waals surface area (Å²) in [6, 6.07) is 8.98. The second kappa shape index (κ2) is 4.28. The predicted molar refractivity (Wildman–Crippen MR) is 74.8 cm³/mol. The van der Waals surface area contributed by atoms with Crippen LogP contribution >= 0.6 is 11.6 Å². The molecular formula is C15H12ClNO2. The molecule has 0 atom stereocenters. The van der Waals surface area contributed by atoms with Crippen LogP contribution in [-0.2, 0) is 7.05 Å². The van der Waals surface area contributed by atoms with E-state index in [1.165, 1.54) is 0 Å². The number of hydrogen-bond donors (Lipinski definition) is 0. The van der Waals surface area contributed by atoms with E-state index in [4.69, 9.17) is 16.0 Å². The van der Waals surface area contributed by atoms with Crippen molar-refractivity contribution < 1.29 is 9.21 Å². The molecule has 0 aliphatic heterocycles. The Hall–Kier alpha value is -2.00. The highest BCUT2D eigenvalue weighted by Crippen LogP contribution is 2.26. The van der Waals surface area contributed by atoms with Crippen molar-refractivity contribution in [2.45, 2.75) is 6.92 Å². The van der Waals surface area contributed by atoms with Crippen molar-refractivity contribution in [3.8, 4) is 0 Å². The lowest BCUT2D eigenvalue weighted by Gasteiger charge is -1.97. The molecule has 0 saturated heterocycles. The first-order chi connectivity index (χ1) is 9.06. The molecule has 19 heavy (non-hydrogen) atoms. The largest absolute Gasteiger partial charge is 0.458 e. The van der Waals surface area contributed by atoms with Gasteiger partial charge in [0.2, 0.25) is 5.78 Å². The van der Waals surface area contributed by atoms with Crippen LogP contribution in [0.1, 0.15) is 21.9 Å². The second-order valence-electron chi connectivity index (χ2n) is 4.55. The third-order valence-electron chi connectivity index (χ3n) is 3.16. The van der Waals surface area contributed by atoms with Gasteiger partial charge in [-0.1, -0.05) is 17.7 Å². The smallest absolute Gasteiger partial charge is 0.230 e. The predicted octanol–water partition coefficient (Wildman–Crippen LogP) is 3.96. The Morgan fingerprint density at radius 1 is 1.26 bits per heavy atom. The number of hydrogen-bond acceptors (Lipinski definition) is 2. The van der Waals surface area contributed by atoms with Crippen LogP contribution in [0.25, 0.3) is 10.9 Å². The molecule has 0 radical (unpaired) electrons. The fourth-order valence-corrected chi connectivity index (χ4v) is 2.39. The van der Waals surface area contributed by atoms with E-state index in [-0.39, 0.29) is 5.78 Å². The van der Waals surface area contributed by atoms with Gasteiger partial charge in [0.15, 0.2) is 5.76 Å². The van der Waals surface area contributed by atoms with Crippen LogP contribution in [0.5, 0.6) is 0 Å². The zero-order chi connectivity index (χ0) is 13.6. The SMILES string of the molecule is Cc1ccc(C(=O)c2cn(C)c3cc(Cl)ccc23)o1. The summed E-state index contributed by atoms with van der Waals surface area (Å²) in [7, 11) is 1.89. The topological polar surface area (TPSA) is 35.1 Å². The summed E-state index contributed by atoms with van der Waals surface area (Å²) in [6.07, 6.45) is 1.81. The Balaban J connectivity index is 2.18. The Bertz CT molecular complexity index is 783. The van der Waals surface area contributed by atoms with Crippen LogP contribution in [0.15, 0.2) is 40.9 Å². The summed E-state index contributed by atoms with van der Waals surface area (Å²) >= 11 is 5.98. The number of fused-ring (bicyclic) bond motifs is 1. The molecule has 0 aliphatic rings. The zero-order valence-corrected chi connectivity index (χ0v) is 11.4. The molecule has 0 N–H and O–H groups in total. The van der Waals surface area contributed by atoms with Crippen molar-refractivity contribution in [1.29, 1.82) is 0 Å². The van der Waals surface area contributed by atoms with Crippen molar-refractivity contribution in [2.24, 2.45) is 7.05 Å². The fourth-order valence-electron chi connectivity index (χ4n) is 2.23. The minimum absolute atomic E-state index is 0.110. The molecular weight excluding hydrogens is 262 g/mol. The van der Waals surface area contributed by atoms with Gasteiger partial charge in [0, 0.05) is 29.2 Å². The molecule has 1 aromatic carbocycles. The molecule has 2 heterocycles. The molecule has 4 heteroatoms. The lowest BCUT2D eigenvalue weighted by atomic mass is 10.1. The van der Waals surface area contributed by atoms with Gasteiger partial charge in [0.05, 0.1) is 5.56 Å². The Morgan fingerprint density at radius 3 is 2.74 bits per heavy atom. The number of aromatic nitrogens is 1. The minimum Gasteiger partial charge on any atom is -0.458 e. The number of furan rings is 1. The van der Waals surface area contributed by atoms with Crippen LogP contribution < -0.4 is 0 Å². The van der Waals surface area contributed by atoms with Crippen LogP contribution in [0.3, 0.4) is 0 Å². The van der Waals surface area contributed by atoms with Crippen molar-refractivity contribution in [1.82, 2.24) is 4.57 Å². The van der Waals surface area contributed by atoms with Gasteiger partial charge < -0.3 is 8.98 Å². The maximum absolute atomic E-state index is 12.4. The molecule has 0 saturated carbocycles. The summed E-state index contributed by atoms with van der Waals surface area (Å²) in [5.74, 6) is 0.979. The van der Waals surface area contributed by atoms with Gasteiger partial charge in [-0.05, 0) is 31.2 Å². The van der Waals surface area contributed by atoms with E-state index in [2.05, 4.69) is 0 Å². The summed E-state index contributed by atoms with van der Waals surface area (Å²) < 4.78 is 7.29. The third kappa shape index (κ3) is 1.96. The number of benzene rings is 1. The maximum Gasteiger partial charge on any atom is 0.230 e. The average Bonchev–Trinajstić information content (AvgIpc) is 2.94. The van der Waals surface area contributed by atoms with E-state index in [0.717, 1.165) is 16.7 Å². The van der Waals surface area contributed by atoms with Gasteiger partial charge in [-0.2, -0.15) is 0 Å². The van der Waals surface area contributed by atoms with Crippen molar-refractivity contribution in [2.75, 3.05) is 0 Å². The molecule has 0 amide bonds. The lowest BCUT2D eigenvalue weighted by Crippen LogP contribution is -1.98. The number of aryl methyl sites for hydroxylation is 2. The summed E-state index contributed by atoms with van der Waals surface area (Å²) in [5.41, 5.74) is 1.56. The normalized spacial score (nSPS) is 11.1. The second-order valence-corrected chi connectivity index (χ2v) is 4.99. The van der Waals surface area contributed by atoms with Gasteiger partial charge in [-0.25, -0.2) is 0 Å². The fraction of sp³-hybridized carbons (Fsp3) is 0.133. The molecule has 0 aliphatic carbocycles. The summed E-state index contributed by atoms with van der Waals surface area (Å²) in [6.45, 7) is 1.82. The quantitative estimate of drug-likeness (QED) is 0.662. The highest BCUT2D eigenvalue weighted by Gasteiger charge is 2.18. The van der Waals surface area contributed by atoms with Crippen LogP contribution in [0.2, 0.25) is 5.02 Å². The highest BCUT2D eigenvalue weighted by molar-refractivity contribution is 6.31. The molecule has 3 rings (SSSR count). The summed E-state index contributed by atoms with van der Waals surface area (Å²) in [5, 5.41) is 1.53. The van der Waals surface area contributed by atoms with Crippen molar-refractivity contribution in [3.05, 3.63) is 58.6 Å². The number of ketones is 1. The van der Waals surface area contributed by atoms with E-state index >= 15 is 0 Å². The molecule has 3 aromatic rings. The van der Waals surface area contributed by atoms with Crippen molar-refractivity contribution in [3.63, 3.8) is 0 Å². The van der Waals surface area contributed by atoms with E-state index in [1.807, 2.05) is 30.7 Å². The molecule has 0 spiro atoms. The molecule has 0 fully saturated rings. The summed E-state index contributed by atoms with van der Waals surface area (Å²) in [4.78, 5) is 12.4. The minimum atomic E-state index is -0.110. The zero-order valence-electron chi connectivity index (χ0n) is 10.6. The van der Waals surface area contributed by atoms with E-state index in [9.17, 15) is 4.79 Å². The Labute approximate surface area is 115 Å². The van der Waals surface area contributed by atoms with Gasteiger partial charge >= 0.3 is 0 Å². The van der Waals surface area contributed by atoms with Crippen molar-refractivity contribution >= 4 is 28.3 Å². The number of carbonyl (C=O) groups excluding carboxylic acids is 1. The average molecular weight is 274 g/mol. The maximum atomic E-state index is 12.4. The molecule has 3 nitrogen and oxygen atoms in total. The van der Waals surface area contributed by atoms with E-state index in [1.54, 1.807) is 24.4 Å². The standard InChI is InChI=1S/C15H12ClNO2/c1-9-3-6-14(19-9)15(18)12-8-17(2)13-7-10(16)4-5-11(12)13/h3-8H,1-2H3. The van der Waals surface area contributed by atoms with E-state index < -0.39 is 0 Å². The molecule has 2 aromatic heterocycles. The van der Waals surface area contributed by atoms with Gasteiger partial charge in [0.1, 0.15) is 5.76 Å². The van der Waals surface area contributed by atoms with E-state index in [0.29, 0.717) is 16.3 Å². The molecule has 0 unspecified atom stereocenters. The lowest BCUT2D eigenvalue weighted by molar-refractivity contribution is 0.101. The molecule has 0 bridgehead atoms. The first-order valence-electron chi connectivity index (χ1n) is 5.92. The number of nitrogens with zero attached hydrogens (tertiary/aromatic N) is 1. The van der Waals surface area contributed by atoms with Crippen LogP contribution in [-0.4, -0.2) is 10.4 Å². The Kier molecular flexibility index (Phi) is 2.72. The Morgan fingerprint density at radius 2 is 2.05 bits per heavy atom. The monoisotopic (exact) mass is 273 g/mol. The first kappa shape index (κ1) is 12.1. The van der Waals surface area contributed by atoms with Gasteiger partial charge in [-0.15, -0.1) is 0 Å². The number of carbonyl (C=O) groups is 1. The van der Waals surface area contributed by atoms with Crippen LogP contribution in [0, 0.1) is 6.92 Å².